The number of rotatable bonds is 6. The van der Waals surface area contributed by atoms with Crippen molar-refractivity contribution in [1.82, 2.24) is 14.8 Å². The number of nitrogens with one attached hydrogen (secondary N) is 1. The number of hydrogen-bond donors (Lipinski definition) is 1. The van der Waals surface area contributed by atoms with E-state index in [4.69, 9.17) is 0 Å². The van der Waals surface area contributed by atoms with Crippen LogP contribution in [0, 0.1) is 13.8 Å². The second-order valence-electron chi connectivity index (χ2n) is 6.74. The molecule has 5 nitrogen and oxygen atoms in total. The van der Waals surface area contributed by atoms with Crippen LogP contribution in [-0.4, -0.2) is 26.4 Å². The first-order valence-electron chi connectivity index (χ1n) is 9.47. The molecule has 2 heterocycles. The molecule has 4 rings (SSSR count). The minimum Gasteiger partial charge on any atom is -0.325 e. The van der Waals surface area contributed by atoms with E-state index in [1.807, 2.05) is 42.5 Å². The zero-order chi connectivity index (χ0) is 20.4. The first-order chi connectivity index (χ1) is 14.1. The molecule has 0 aliphatic heterocycles. The van der Waals surface area contributed by atoms with E-state index in [-0.39, 0.29) is 11.7 Å². The maximum absolute atomic E-state index is 12.6. The van der Waals surface area contributed by atoms with Gasteiger partial charge in [0.2, 0.25) is 5.91 Å². The summed E-state index contributed by atoms with van der Waals surface area (Å²) in [7, 11) is 0. The van der Waals surface area contributed by atoms with Gasteiger partial charge in [0.05, 0.1) is 5.75 Å². The Morgan fingerprint density at radius 1 is 1.14 bits per heavy atom. The Balaban J connectivity index is 1.49. The van der Waals surface area contributed by atoms with Crippen molar-refractivity contribution < 1.29 is 4.79 Å². The molecule has 1 amide bonds. The summed E-state index contributed by atoms with van der Waals surface area (Å²) in [6, 6.07) is 14.0. The minimum absolute atomic E-state index is 0.0545. The molecule has 7 heteroatoms. The highest BCUT2D eigenvalue weighted by Crippen LogP contribution is 2.31. The Hall–Kier alpha value is -2.64. The topological polar surface area (TPSA) is 59.8 Å². The average molecular weight is 423 g/mol. The number of carbonyl (C=O) groups is 1. The van der Waals surface area contributed by atoms with Crippen molar-refractivity contribution >= 4 is 45.5 Å². The molecule has 0 saturated heterocycles. The van der Waals surface area contributed by atoms with Crippen molar-refractivity contribution in [3.05, 3.63) is 58.3 Å². The van der Waals surface area contributed by atoms with Gasteiger partial charge in [0.15, 0.2) is 11.0 Å². The largest absolute Gasteiger partial charge is 0.325 e. The third-order valence-corrected chi connectivity index (χ3v) is 6.94. The molecule has 0 radical (unpaired) electrons. The van der Waals surface area contributed by atoms with Crippen LogP contribution < -0.4 is 5.32 Å². The van der Waals surface area contributed by atoms with Crippen molar-refractivity contribution in [2.75, 3.05) is 11.1 Å². The van der Waals surface area contributed by atoms with Crippen molar-refractivity contribution in [3.63, 3.8) is 0 Å². The average Bonchev–Trinajstić information content (AvgIpc) is 3.29. The van der Waals surface area contributed by atoms with E-state index in [0.717, 1.165) is 39.5 Å². The number of hydrogen-bond acceptors (Lipinski definition) is 5. The molecular weight excluding hydrogens is 400 g/mol. The lowest BCUT2D eigenvalue weighted by Gasteiger charge is -2.09. The van der Waals surface area contributed by atoms with Gasteiger partial charge in [-0.2, -0.15) is 0 Å². The van der Waals surface area contributed by atoms with Crippen molar-refractivity contribution in [2.24, 2.45) is 0 Å². The molecule has 0 aliphatic carbocycles. The highest BCUT2D eigenvalue weighted by molar-refractivity contribution is 7.99. The van der Waals surface area contributed by atoms with Gasteiger partial charge in [-0.05, 0) is 37.8 Å². The number of aromatic nitrogens is 3. The number of thiophene rings is 1. The van der Waals surface area contributed by atoms with Gasteiger partial charge in [-0.1, -0.05) is 48.2 Å². The fourth-order valence-corrected chi connectivity index (χ4v) is 4.93. The first-order valence-corrected chi connectivity index (χ1v) is 11.3. The standard InChI is InChI=1S/C22H22N4OS2/c1-4-26-21(18-12-28-15(3)14(18)2)24-25-22(26)29-13-20(27)23-19-11-7-9-16-8-5-6-10-17(16)19/h5-12H,4,13H2,1-3H3,(H,23,27). The van der Waals surface area contributed by atoms with Gasteiger partial charge < -0.3 is 9.88 Å². The molecule has 148 valence electrons. The van der Waals surface area contributed by atoms with Crippen LogP contribution >= 0.6 is 23.1 Å². The molecule has 4 aromatic rings. The highest BCUT2D eigenvalue weighted by Gasteiger charge is 2.18. The Kier molecular flexibility index (Phi) is 5.69. The number of amides is 1. The molecule has 0 bridgehead atoms. The first kappa shape index (κ1) is 19.7. The second kappa shape index (κ2) is 8.39. The zero-order valence-electron chi connectivity index (χ0n) is 16.6. The third kappa shape index (κ3) is 3.93. The fourth-order valence-electron chi connectivity index (χ4n) is 3.26. The summed E-state index contributed by atoms with van der Waals surface area (Å²) in [4.78, 5) is 13.9. The highest BCUT2D eigenvalue weighted by atomic mass is 32.2. The van der Waals surface area contributed by atoms with Crippen LogP contribution in [0.3, 0.4) is 0 Å². The van der Waals surface area contributed by atoms with Crippen LogP contribution in [0.5, 0.6) is 0 Å². The lowest BCUT2D eigenvalue weighted by molar-refractivity contribution is -0.113. The van der Waals surface area contributed by atoms with Gasteiger partial charge in [-0.3, -0.25) is 4.79 Å². The summed E-state index contributed by atoms with van der Waals surface area (Å²) >= 11 is 3.14. The number of thioether (sulfide) groups is 1. The Morgan fingerprint density at radius 2 is 1.93 bits per heavy atom. The van der Waals surface area contributed by atoms with Crippen LogP contribution in [0.25, 0.3) is 22.2 Å². The summed E-state index contributed by atoms with van der Waals surface area (Å²) in [6.07, 6.45) is 0. The third-order valence-electron chi connectivity index (χ3n) is 4.96. The Labute approximate surface area is 178 Å². The molecule has 2 aromatic carbocycles. The van der Waals surface area contributed by atoms with E-state index in [0.29, 0.717) is 0 Å². The van der Waals surface area contributed by atoms with E-state index in [2.05, 4.69) is 46.2 Å². The van der Waals surface area contributed by atoms with E-state index in [1.165, 1.54) is 22.2 Å². The molecule has 2 aromatic heterocycles. The monoisotopic (exact) mass is 422 g/mol. The Morgan fingerprint density at radius 3 is 2.69 bits per heavy atom. The van der Waals surface area contributed by atoms with Gasteiger partial charge in [0, 0.05) is 33.4 Å². The summed E-state index contributed by atoms with van der Waals surface area (Å²) in [6.45, 7) is 7.05. The molecule has 0 atom stereocenters. The van der Waals surface area contributed by atoms with E-state index in [1.54, 1.807) is 11.3 Å². The second-order valence-corrected chi connectivity index (χ2v) is 8.77. The number of fused-ring (bicyclic) bond motifs is 1. The van der Waals surface area contributed by atoms with Crippen LogP contribution in [0.4, 0.5) is 5.69 Å². The SMILES string of the molecule is CCn1c(SCC(=O)Nc2cccc3ccccc23)nnc1-c1csc(C)c1C. The maximum atomic E-state index is 12.6. The molecule has 0 aliphatic rings. The van der Waals surface area contributed by atoms with Gasteiger partial charge in [-0.15, -0.1) is 21.5 Å². The number of nitrogens with zero attached hydrogens (tertiary/aromatic N) is 3. The van der Waals surface area contributed by atoms with E-state index < -0.39 is 0 Å². The van der Waals surface area contributed by atoms with E-state index in [9.17, 15) is 4.79 Å². The predicted octanol–water partition coefficient (Wildman–Crippen LogP) is 5.53. The molecule has 29 heavy (non-hydrogen) atoms. The quantitative estimate of drug-likeness (QED) is 0.415. The molecule has 1 N–H and O–H groups in total. The predicted molar refractivity (Wildman–Crippen MR) is 122 cm³/mol. The summed E-state index contributed by atoms with van der Waals surface area (Å²) < 4.78 is 2.07. The molecule has 0 spiro atoms. The van der Waals surface area contributed by atoms with Gasteiger partial charge in [-0.25, -0.2) is 0 Å². The van der Waals surface area contributed by atoms with Crippen molar-refractivity contribution in [1.29, 1.82) is 0 Å². The van der Waals surface area contributed by atoms with Crippen molar-refractivity contribution in [2.45, 2.75) is 32.5 Å². The number of aryl methyl sites for hydroxylation is 1. The van der Waals surface area contributed by atoms with Gasteiger partial charge >= 0.3 is 0 Å². The smallest absolute Gasteiger partial charge is 0.234 e. The van der Waals surface area contributed by atoms with Crippen LogP contribution in [0.2, 0.25) is 0 Å². The molecule has 0 saturated carbocycles. The number of benzene rings is 2. The molecule has 0 fully saturated rings. The maximum Gasteiger partial charge on any atom is 0.234 e. The van der Waals surface area contributed by atoms with Crippen molar-refractivity contribution in [3.8, 4) is 11.4 Å². The summed E-state index contributed by atoms with van der Waals surface area (Å²) in [5, 5.41) is 16.8. The normalized spacial score (nSPS) is 11.1. The summed E-state index contributed by atoms with van der Waals surface area (Å²) in [5.74, 6) is 1.09. The number of carbonyl (C=O) groups excluding carboxylic acids is 1. The minimum atomic E-state index is -0.0545. The fraction of sp³-hybridized carbons (Fsp3) is 0.227. The van der Waals surface area contributed by atoms with Crippen LogP contribution in [0.15, 0.2) is 53.0 Å². The number of anilines is 1. The Bertz CT molecular complexity index is 1170. The molecule has 0 unspecified atom stereocenters. The van der Waals surface area contributed by atoms with E-state index >= 15 is 0 Å². The summed E-state index contributed by atoms with van der Waals surface area (Å²) in [5.41, 5.74) is 3.19. The van der Waals surface area contributed by atoms with Crippen LogP contribution in [0.1, 0.15) is 17.4 Å². The zero-order valence-corrected chi connectivity index (χ0v) is 18.2. The lowest BCUT2D eigenvalue weighted by atomic mass is 10.1. The molecular formula is C22H22N4OS2. The lowest BCUT2D eigenvalue weighted by Crippen LogP contribution is -2.15. The van der Waals surface area contributed by atoms with Gasteiger partial charge in [0.25, 0.3) is 0 Å². The van der Waals surface area contributed by atoms with Gasteiger partial charge in [0.1, 0.15) is 0 Å². The van der Waals surface area contributed by atoms with Crippen LogP contribution in [-0.2, 0) is 11.3 Å².